The molecule has 1 atom stereocenters. The molecule has 2 aromatic rings. The number of nitrogens with zero attached hydrogens (tertiary/aromatic N) is 5. The van der Waals surface area contributed by atoms with E-state index in [1.807, 2.05) is 29.2 Å². The lowest BCUT2D eigenvalue weighted by Crippen LogP contribution is -2.17. The summed E-state index contributed by atoms with van der Waals surface area (Å²) in [6.07, 6.45) is 7.12. The first-order valence-corrected chi connectivity index (χ1v) is 7.80. The maximum Gasteiger partial charge on any atom is 0.209 e. The molecule has 0 spiro atoms. The Kier molecular flexibility index (Phi) is 4.60. The Morgan fingerprint density at radius 3 is 3.05 bits per heavy atom. The second-order valence-corrected chi connectivity index (χ2v) is 5.79. The largest absolute Gasteiger partial charge is 0.376 e. The van der Waals surface area contributed by atoms with E-state index >= 15 is 0 Å². The van der Waals surface area contributed by atoms with Gasteiger partial charge < -0.3 is 4.74 Å². The molecule has 20 heavy (non-hydrogen) atoms. The minimum absolute atomic E-state index is 0.262. The number of thioether (sulfide) groups is 1. The summed E-state index contributed by atoms with van der Waals surface area (Å²) in [6, 6.07) is 4.08. The van der Waals surface area contributed by atoms with Gasteiger partial charge in [-0.3, -0.25) is 4.98 Å². The van der Waals surface area contributed by atoms with Crippen LogP contribution in [0.1, 0.15) is 18.4 Å². The molecule has 0 aliphatic carbocycles. The predicted molar refractivity (Wildman–Crippen MR) is 75.5 cm³/mol. The molecule has 0 saturated carbocycles. The van der Waals surface area contributed by atoms with E-state index in [0.717, 1.165) is 43.3 Å². The topological polar surface area (TPSA) is 65.7 Å². The highest BCUT2D eigenvalue weighted by atomic mass is 32.2. The van der Waals surface area contributed by atoms with Crippen LogP contribution in [-0.2, 0) is 17.7 Å². The maximum absolute atomic E-state index is 5.62. The van der Waals surface area contributed by atoms with Gasteiger partial charge >= 0.3 is 0 Å². The number of aromatic nitrogens is 5. The molecule has 1 aliphatic heterocycles. The fourth-order valence-electron chi connectivity index (χ4n) is 2.21. The van der Waals surface area contributed by atoms with Gasteiger partial charge in [0.1, 0.15) is 0 Å². The Labute approximate surface area is 121 Å². The number of tetrazole rings is 1. The molecule has 1 unspecified atom stereocenters. The van der Waals surface area contributed by atoms with Crippen LogP contribution in [0.3, 0.4) is 0 Å². The van der Waals surface area contributed by atoms with Gasteiger partial charge in [-0.15, -0.1) is 5.10 Å². The summed E-state index contributed by atoms with van der Waals surface area (Å²) >= 11 is 1.68. The van der Waals surface area contributed by atoms with Gasteiger partial charge in [0.25, 0.3) is 0 Å². The van der Waals surface area contributed by atoms with Gasteiger partial charge in [-0.05, 0) is 47.4 Å². The van der Waals surface area contributed by atoms with Crippen molar-refractivity contribution in [3.8, 4) is 0 Å². The van der Waals surface area contributed by atoms with Crippen molar-refractivity contribution < 1.29 is 4.74 Å². The van der Waals surface area contributed by atoms with Crippen molar-refractivity contribution in [3.63, 3.8) is 0 Å². The Morgan fingerprint density at radius 2 is 2.25 bits per heavy atom. The van der Waals surface area contributed by atoms with E-state index in [1.54, 1.807) is 11.8 Å². The monoisotopic (exact) mass is 291 g/mol. The first-order chi connectivity index (χ1) is 9.92. The molecule has 3 rings (SSSR count). The van der Waals surface area contributed by atoms with Gasteiger partial charge in [-0.2, -0.15) is 0 Å². The molecule has 0 N–H and O–H groups in total. The first-order valence-electron chi connectivity index (χ1n) is 6.81. The van der Waals surface area contributed by atoms with Crippen molar-refractivity contribution in [1.29, 1.82) is 0 Å². The molecule has 0 aromatic carbocycles. The molecule has 6 nitrogen and oxygen atoms in total. The van der Waals surface area contributed by atoms with E-state index in [0.29, 0.717) is 0 Å². The molecular weight excluding hydrogens is 274 g/mol. The SMILES string of the molecule is c1cc(CCSc2nnnn2CC2CCCO2)ccn1. The molecule has 1 fully saturated rings. The third-order valence-electron chi connectivity index (χ3n) is 3.27. The lowest BCUT2D eigenvalue weighted by atomic mass is 10.2. The number of hydrogen-bond acceptors (Lipinski definition) is 6. The number of pyridine rings is 1. The summed E-state index contributed by atoms with van der Waals surface area (Å²) < 4.78 is 7.48. The van der Waals surface area contributed by atoms with Crippen LogP contribution in [0.4, 0.5) is 0 Å². The second-order valence-electron chi connectivity index (χ2n) is 4.73. The minimum Gasteiger partial charge on any atom is -0.376 e. The summed E-state index contributed by atoms with van der Waals surface area (Å²) in [5.41, 5.74) is 1.28. The van der Waals surface area contributed by atoms with Gasteiger partial charge in [0, 0.05) is 24.8 Å². The van der Waals surface area contributed by atoms with Crippen LogP contribution in [0.5, 0.6) is 0 Å². The summed E-state index contributed by atoms with van der Waals surface area (Å²) in [4.78, 5) is 4.02. The number of aryl methyl sites for hydroxylation is 1. The van der Waals surface area contributed by atoms with E-state index in [-0.39, 0.29) is 6.10 Å². The van der Waals surface area contributed by atoms with Gasteiger partial charge in [-0.25, -0.2) is 4.68 Å². The highest BCUT2D eigenvalue weighted by Crippen LogP contribution is 2.19. The molecule has 0 bridgehead atoms. The maximum atomic E-state index is 5.62. The first kappa shape index (κ1) is 13.5. The van der Waals surface area contributed by atoms with Crippen LogP contribution in [0, 0.1) is 0 Å². The zero-order chi connectivity index (χ0) is 13.6. The van der Waals surface area contributed by atoms with Crippen LogP contribution in [-0.4, -0.2) is 43.7 Å². The van der Waals surface area contributed by atoms with Crippen molar-refractivity contribution in [2.24, 2.45) is 0 Å². The second kappa shape index (κ2) is 6.81. The highest BCUT2D eigenvalue weighted by Gasteiger charge is 2.18. The summed E-state index contributed by atoms with van der Waals surface area (Å²) in [5, 5.41) is 12.8. The lowest BCUT2D eigenvalue weighted by Gasteiger charge is -2.09. The van der Waals surface area contributed by atoms with Crippen molar-refractivity contribution in [1.82, 2.24) is 25.2 Å². The van der Waals surface area contributed by atoms with Crippen molar-refractivity contribution in [2.45, 2.75) is 37.1 Å². The zero-order valence-electron chi connectivity index (χ0n) is 11.2. The van der Waals surface area contributed by atoms with Crippen molar-refractivity contribution in [2.75, 3.05) is 12.4 Å². The standard InChI is InChI=1S/C13H17N5OS/c1-2-12(19-8-1)10-18-13(15-16-17-18)20-9-5-11-3-6-14-7-4-11/h3-4,6-7,12H,1-2,5,8-10H2. The summed E-state index contributed by atoms with van der Waals surface area (Å²) in [7, 11) is 0. The molecule has 0 amide bonds. The van der Waals surface area contributed by atoms with E-state index in [4.69, 9.17) is 4.74 Å². The van der Waals surface area contributed by atoms with E-state index < -0.39 is 0 Å². The van der Waals surface area contributed by atoms with Gasteiger partial charge in [0.05, 0.1) is 12.6 Å². The van der Waals surface area contributed by atoms with E-state index in [1.165, 1.54) is 5.56 Å². The molecule has 1 saturated heterocycles. The van der Waals surface area contributed by atoms with Gasteiger partial charge in [0.2, 0.25) is 5.16 Å². The van der Waals surface area contributed by atoms with E-state index in [9.17, 15) is 0 Å². The van der Waals surface area contributed by atoms with Crippen LogP contribution < -0.4 is 0 Å². The summed E-state index contributed by atoms with van der Waals surface area (Å²) in [5.74, 6) is 0.954. The van der Waals surface area contributed by atoms with Gasteiger partial charge in [0.15, 0.2) is 0 Å². The number of ether oxygens (including phenoxy) is 1. The molecule has 0 radical (unpaired) electrons. The third kappa shape index (κ3) is 3.55. The van der Waals surface area contributed by atoms with Crippen LogP contribution in [0.2, 0.25) is 0 Å². The normalized spacial score (nSPS) is 18.5. The Hall–Kier alpha value is -1.47. The molecule has 1 aliphatic rings. The Balaban J connectivity index is 1.51. The number of rotatable bonds is 6. The van der Waals surface area contributed by atoms with Crippen molar-refractivity contribution in [3.05, 3.63) is 30.1 Å². The number of hydrogen-bond donors (Lipinski definition) is 0. The molecular formula is C13H17N5OS. The Bertz CT molecular complexity index is 527. The average molecular weight is 291 g/mol. The minimum atomic E-state index is 0.262. The van der Waals surface area contributed by atoms with Crippen LogP contribution in [0.15, 0.2) is 29.7 Å². The fourth-order valence-corrected chi connectivity index (χ4v) is 3.08. The summed E-state index contributed by atoms with van der Waals surface area (Å²) in [6.45, 7) is 1.61. The third-order valence-corrected chi connectivity index (χ3v) is 4.23. The van der Waals surface area contributed by atoms with Crippen LogP contribution in [0.25, 0.3) is 0 Å². The lowest BCUT2D eigenvalue weighted by molar-refractivity contribution is 0.0912. The molecule has 7 heteroatoms. The highest BCUT2D eigenvalue weighted by molar-refractivity contribution is 7.99. The fraction of sp³-hybridized carbons (Fsp3) is 0.538. The van der Waals surface area contributed by atoms with E-state index in [2.05, 4.69) is 20.5 Å². The van der Waals surface area contributed by atoms with Crippen LogP contribution >= 0.6 is 11.8 Å². The smallest absolute Gasteiger partial charge is 0.209 e. The average Bonchev–Trinajstić information content (AvgIpc) is 3.13. The van der Waals surface area contributed by atoms with Gasteiger partial charge in [-0.1, -0.05) is 11.8 Å². The molecule has 2 aromatic heterocycles. The Morgan fingerprint density at radius 1 is 1.35 bits per heavy atom. The quantitative estimate of drug-likeness (QED) is 0.753. The molecule has 3 heterocycles. The zero-order valence-corrected chi connectivity index (χ0v) is 12.0. The molecule has 106 valence electrons. The predicted octanol–water partition coefficient (Wildman–Crippen LogP) is 1.58. The van der Waals surface area contributed by atoms with Crippen molar-refractivity contribution >= 4 is 11.8 Å².